The van der Waals surface area contributed by atoms with Gasteiger partial charge in [-0.05, 0) is 53.2 Å². The van der Waals surface area contributed by atoms with E-state index < -0.39 is 17.8 Å². The third-order valence-corrected chi connectivity index (χ3v) is 4.89. The van der Waals surface area contributed by atoms with E-state index in [1.807, 2.05) is 12.1 Å². The van der Waals surface area contributed by atoms with Crippen molar-refractivity contribution in [2.24, 2.45) is 0 Å². The molecule has 2 aromatic rings. The van der Waals surface area contributed by atoms with E-state index >= 15 is 0 Å². The van der Waals surface area contributed by atoms with Gasteiger partial charge in [0, 0.05) is 17.6 Å². The molecule has 9 heteroatoms. The zero-order chi connectivity index (χ0) is 18.6. The smallest absolute Gasteiger partial charge is 0.418 e. The van der Waals surface area contributed by atoms with Crippen LogP contribution in [-0.4, -0.2) is 19.7 Å². The van der Waals surface area contributed by atoms with Crippen molar-refractivity contribution in [2.75, 3.05) is 23.9 Å². The highest BCUT2D eigenvalue weighted by Gasteiger charge is 2.34. The number of thiophene rings is 1. The van der Waals surface area contributed by atoms with Gasteiger partial charge in [-0.25, -0.2) is 4.79 Å². The topological polar surface area (TPSA) is 41.6 Å². The maximum Gasteiger partial charge on any atom is 0.418 e. The lowest BCUT2D eigenvalue weighted by atomic mass is 10.1. The number of carbonyl (C=O) groups excluding carboxylic acids is 1. The Morgan fingerprint density at radius 1 is 1.32 bits per heavy atom. The monoisotopic (exact) mass is 436 g/mol. The Labute approximate surface area is 155 Å². The van der Waals surface area contributed by atoms with Gasteiger partial charge in [0.25, 0.3) is 0 Å². The molecule has 0 aliphatic heterocycles. The van der Waals surface area contributed by atoms with Crippen molar-refractivity contribution >= 4 is 44.7 Å². The van der Waals surface area contributed by atoms with E-state index in [0.29, 0.717) is 12.2 Å². The van der Waals surface area contributed by atoms with Crippen molar-refractivity contribution < 1.29 is 22.7 Å². The molecule has 25 heavy (non-hydrogen) atoms. The van der Waals surface area contributed by atoms with Gasteiger partial charge >= 0.3 is 12.3 Å². The molecule has 1 N–H and O–H groups in total. The number of carbonyl (C=O) groups is 1. The fourth-order valence-electron chi connectivity index (χ4n) is 2.15. The molecule has 0 fully saturated rings. The summed E-state index contributed by atoms with van der Waals surface area (Å²) in [4.78, 5) is 14.2. The fourth-order valence-corrected chi connectivity index (χ4v) is 3.69. The van der Waals surface area contributed by atoms with Crippen LogP contribution in [0.5, 0.6) is 0 Å². The Kier molecular flexibility index (Phi) is 6.34. The Hall–Kier alpha value is -1.74. The van der Waals surface area contributed by atoms with Crippen LogP contribution in [0.2, 0.25) is 0 Å². The van der Waals surface area contributed by atoms with Crippen molar-refractivity contribution in [3.05, 3.63) is 44.6 Å². The highest BCUT2D eigenvalue weighted by atomic mass is 79.9. The van der Waals surface area contributed by atoms with Crippen molar-refractivity contribution in [1.29, 1.82) is 0 Å². The van der Waals surface area contributed by atoms with E-state index in [9.17, 15) is 18.0 Å². The van der Waals surface area contributed by atoms with E-state index in [4.69, 9.17) is 0 Å². The minimum Gasteiger partial charge on any atom is -0.450 e. The maximum absolute atomic E-state index is 13.3. The first kappa shape index (κ1) is 19.6. The molecule has 1 aromatic carbocycles. The Balaban J connectivity index is 2.26. The molecule has 1 heterocycles. The summed E-state index contributed by atoms with van der Waals surface area (Å²) < 4.78 is 45.6. The third-order valence-electron chi connectivity index (χ3n) is 3.28. The number of benzene rings is 1. The molecular formula is C16H16BrF3N2O2S. The van der Waals surface area contributed by atoms with Crippen LogP contribution in [0.4, 0.5) is 29.3 Å². The molecule has 4 nitrogen and oxygen atoms in total. The maximum atomic E-state index is 13.3. The van der Waals surface area contributed by atoms with E-state index in [-0.39, 0.29) is 12.3 Å². The van der Waals surface area contributed by atoms with Crippen LogP contribution in [0.15, 0.2) is 34.1 Å². The average molecular weight is 437 g/mol. The summed E-state index contributed by atoms with van der Waals surface area (Å²) in [5, 5.41) is 2.13. The fraction of sp³-hybridized carbons (Fsp3) is 0.312. The van der Waals surface area contributed by atoms with Crippen LogP contribution in [0, 0.1) is 0 Å². The molecule has 0 atom stereocenters. The van der Waals surface area contributed by atoms with Gasteiger partial charge in [0.05, 0.1) is 28.2 Å². The quantitative estimate of drug-likeness (QED) is 0.649. The molecular weight excluding hydrogens is 421 g/mol. The minimum absolute atomic E-state index is 0.0738. The van der Waals surface area contributed by atoms with Crippen molar-refractivity contribution in [2.45, 2.75) is 19.6 Å². The number of ether oxygens (including phenoxy) is 1. The molecule has 0 aliphatic carbocycles. The van der Waals surface area contributed by atoms with Gasteiger partial charge in [-0.15, -0.1) is 11.3 Å². The van der Waals surface area contributed by atoms with Crippen LogP contribution in [0.3, 0.4) is 0 Å². The molecule has 0 aliphatic rings. The number of halogens is 4. The second kappa shape index (κ2) is 8.09. The summed E-state index contributed by atoms with van der Waals surface area (Å²) in [6.45, 7) is 2.12. The highest BCUT2D eigenvalue weighted by molar-refractivity contribution is 9.11. The molecule has 0 saturated carbocycles. The van der Waals surface area contributed by atoms with E-state index in [2.05, 4.69) is 26.0 Å². The average Bonchev–Trinajstić information content (AvgIpc) is 2.91. The van der Waals surface area contributed by atoms with Gasteiger partial charge in [0.2, 0.25) is 0 Å². The lowest BCUT2D eigenvalue weighted by molar-refractivity contribution is -0.136. The standard InChI is InChI=1S/C16H16BrF3N2O2S/c1-3-24-15(23)21-13-6-4-10(8-12(13)16(18,19)20)22(2)9-11-5-7-14(17)25-11/h4-8H,3,9H2,1-2H3,(H,21,23). The van der Waals surface area contributed by atoms with Gasteiger partial charge in [-0.3, -0.25) is 5.32 Å². The molecule has 136 valence electrons. The molecule has 1 aromatic heterocycles. The lowest BCUT2D eigenvalue weighted by Gasteiger charge is -2.21. The number of hydrogen-bond acceptors (Lipinski definition) is 4. The summed E-state index contributed by atoms with van der Waals surface area (Å²) >= 11 is 4.88. The van der Waals surface area contributed by atoms with Gasteiger partial charge in [0.15, 0.2) is 0 Å². The molecule has 0 radical (unpaired) electrons. The Morgan fingerprint density at radius 2 is 2.04 bits per heavy atom. The number of alkyl halides is 3. The Morgan fingerprint density at radius 3 is 2.60 bits per heavy atom. The van der Waals surface area contributed by atoms with E-state index in [1.54, 1.807) is 18.9 Å². The van der Waals surface area contributed by atoms with Gasteiger partial charge in [-0.1, -0.05) is 0 Å². The number of rotatable bonds is 5. The number of amides is 1. The molecule has 0 unspecified atom stereocenters. The summed E-state index contributed by atoms with van der Waals surface area (Å²) in [5.74, 6) is 0. The predicted octanol–water partition coefficient (Wildman–Crippen LogP) is 5.73. The molecule has 2 rings (SSSR count). The van der Waals surface area contributed by atoms with Crippen LogP contribution in [-0.2, 0) is 17.5 Å². The molecule has 0 saturated heterocycles. The number of hydrogen-bond donors (Lipinski definition) is 1. The molecule has 1 amide bonds. The predicted molar refractivity (Wildman–Crippen MR) is 96.2 cm³/mol. The van der Waals surface area contributed by atoms with Gasteiger partial charge in [0.1, 0.15) is 0 Å². The van der Waals surface area contributed by atoms with Crippen LogP contribution < -0.4 is 10.2 Å². The second-order valence-electron chi connectivity index (χ2n) is 5.13. The minimum atomic E-state index is -4.60. The summed E-state index contributed by atoms with van der Waals surface area (Å²) in [6.07, 6.45) is -5.52. The van der Waals surface area contributed by atoms with Crippen molar-refractivity contribution in [3.63, 3.8) is 0 Å². The zero-order valence-electron chi connectivity index (χ0n) is 13.5. The normalized spacial score (nSPS) is 11.3. The first-order valence-electron chi connectivity index (χ1n) is 7.31. The molecule has 0 spiro atoms. The molecule has 0 bridgehead atoms. The first-order chi connectivity index (χ1) is 11.7. The van der Waals surface area contributed by atoms with Crippen molar-refractivity contribution in [1.82, 2.24) is 0 Å². The highest BCUT2D eigenvalue weighted by Crippen LogP contribution is 2.37. The summed E-state index contributed by atoms with van der Waals surface area (Å²) in [6, 6.07) is 7.58. The van der Waals surface area contributed by atoms with Gasteiger partial charge < -0.3 is 9.64 Å². The second-order valence-corrected chi connectivity index (χ2v) is 7.68. The SMILES string of the molecule is CCOC(=O)Nc1ccc(N(C)Cc2ccc(Br)s2)cc1C(F)(F)F. The van der Waals surface area contributed by atoms with E-state index in [1.165, 1.54) is 23.5 Å². The van der Waals surface area contributed by atoms with Gasteiger partial charge in [-0.2, -0.15) is 13.2 Å². The Bertz CT molecular complexity index is 749. The summed E-state index contributed by atoms with van der Waals surface area (Å²) in [7, 11) is 1.71. The van der Waals surface area contributed by atoms with E-state index in [0.717, 1.165) is 14.7 Å². The van der Waals surface area contributed by atoms with Crippen LogP contribution >= 0.6 is 27.3 Å². The zero-order valence-corrected chi connectivity index (χ0v) is 15.9. The largest absolute Gasteiger partial charge is 0.450 e. The van der Waals surface area contributed by atoms with Crippen molar-refractivity contribution in [3.8, 4) is 0 Å². The first-order valence-corrected chi connectivity index (χ1v) is 8.92. The number of anilines is 2. The van der Waals surface area contributed by atoms with Crippen LogP contribution in [0.1, 0.15) is 17.4 Å². The summed E-state index contributed by atoms with van der Waals surface area (Å²) in [5.41, 5.74) is -0.856. The lowest BCUT2D eigenvalue weighted by Crippen LogP contribution is -2.20. The van der Waals surface area contributed by atoms with Crippen LogP contribution in [0.25, 0.3) is 0 Å². The number of nitrogens with one attached hydrogen (secondary N) is 1. The number of nitrogens with zero attached hydrogens (tertiary/aromatic N) is 1. The third kappa shape index (κ3) is 5.37.